The van der Waals surface area contributed by atoms with E-state index in [1.165, 1.54) is 6.42 Å². The maximum Gasteiger partial charge on any atom is 0.162 e. The molecule has 3 heteroatoms. The van der Waals surface area contributed by atoms with E-state index in [1.54, 1.807) is 13.2 Å². The number of hydrogen-bond donors (Lipinski definition) is 1. The molecule has 3 unspecified atom stereocenters. The third-order valence-electron chi connectivity index (χ3n) is 4.40. The maximum absolute atomic E-state index is 10.2. The largest absolute Gasteiger partial charge is 0.504 e. The lowest BCUT2D eigenvalue weighted by Crippen LogP contribution is -2.45. The van der Waals surface area contributed by atoms with Crippen LogP contribution in [0.15, 0.2) is 18.2 Å². The third kappa shape index (κ3) is 3.03. The van der Waals surface area contributed by atoms with Crippen molar-refractivity contribution < 1.29 is 9.84 Å². The lowest BCUT2D eigenvalue weighted by Gasteiger charge is -2.41. The first-order valence-corrected chi connectivity index (χ1v) is 7.11. The van der Waals surface area contributed by atoms with Crippen LogP contribution in [0.25, 0.3) is 0 Å². The first-order valence-electron chi connectivity index (χ1n) is 7.11. The summed E-state index contributed by atoms with van der Waals surface area (Å²) in [6, 6.07) is 6.27. The number of likely N-dealkylation sites (tertiary alicyclic amines) is 1. The number of benzene rings is 1. The van der Waals surface area contributed by atoms with Gasteiger partial charge in [-0.2, -0.15) is 0 Å². The Bertz CT molecular complexity index is 433. The molecule has 106 valence electrons. The molecule has 1 aliphatic heterocycles. The van der Waals surface area contributed by atoms with Gasteiger partial charge in [-0.25, -0.2) is 0 Å². The third-order valence-corrected chi connectivity index (χ3v) is 4.40. The molecule has 2 rings (SSSR count). The molecular weight excluding hydrogens is 238 g/mol. The Morgan fingerprint density at radius 1 is 1.32 bits per heavy atom. The molecule has 1 fully saturated rings. The topological polar surface area (TPSA) is 32.7 Å². The minimum atomic E-state index is 0.281. The molecule has 3 atom stereocenters. The highest BCUT2D eigenvalue weighted by atomic mass is 16.5. The van der Waals surface area contributed by atoms with E-state index in [2.05, 4.69) is 25.7 Å². The van der Waals surface area contributed by atoms with Crippen molar-refractivity contribution in [1.29, 1.82) is 0 Å². The highest BCUT2D eigenvalue weighted by Gasteiger charge is 2.29. The van der Waals surface area contributed by atoms with Crippen LogP contribution < -0.4 is 4.74 Å². The Kier molecular flexibility index (Phi) is 4.35. The number of para-hydroxylation sites is 1. The second kappa shape index (κ2) is 5.83. The van der Waals surface area contributed by atoms with Crippen LogP contribution in [0, 0.1) is 11.8 Å². The van der Waals surface area contributed by atoms with Gasteiger partial charge in [-0.1, -0.05) is 26.0 Å². The fourth-order valence-corrected chi connectivity index (χ4v) is 3.12. The number of piperidine rings is 1. The second-order valence-corrected chi connectivity index (χ2v) is 5.96. The maximum atomic E-state index is 10.2. The summed E-state index contributed by atoms with van der Waals surface area (Å²) in [6.45, 7) is 8.80. The number of ether oxygens (including phenoxy) is 1. The first kappa shape index (κ1) is 14.2. The van der Waals surface area contributed by atoms with E-state index in [1.807, 2.05) is 12.1 Å². The molecule has 1 heterocycles. The summed E-state index contributed by atoms with van der Waals surface area (Å²) >= 11 is 0. The van der Waals surface area contributed by atoms with E-state index in [4.69, 9.17) is 4.74 Å². The van der Waals surface area contributed by atoms with Crippen molar-refractivity contribution in [1.82, 2.24) is 4.90 Å². The number of phenolic OH excluding ortho intramolecular Hbond substituents is 1. The van der Waals surface area contributed by atoms with Crippen LogP contribution in [0.5, 0.6) is 11.5 Å². The predicted octanol–water partition coefficient (Wildman–Crippen LogP) is 3.27. The molecule has 0 saturated carbocycles. The van der Waals surface area contributed by atoms with Gasteiger partial charge >= 0.3 is 0 Å². The minimum Gasteiger partial charge on any atom is -0.504 e. The van der Waals surface area contributed by atoms with Crippen LogP contribution in [0.3, 0.4) is 0 Å². The van der Waals surface area contributed by atoms with Gasteiger partial charge in [0, 0.05) is 24.7 Å². The van der Waals surface area contributed by atoms with Gasteiger partial charge in [0.25, 0.3) is 0 Å². The molecule has 0 amide bonds. The predicted molar refractivity (Wildman–Crippen MR) is 77.5 cm³/mol. The molecule has 0 aliphatic carbocycles. The Morgan fingerprint density at radius 3 is 2.74 bits per heavy atom. The Hall–Kier alpha value is -1.22. The van der Waals surface area contributed by atoms with Crippen LogP contribution >= 0.6 is 0 Å². The normalized spacial score (nSPS) is 28.3. The summed E-state index contributed by atoms with van der Waals surface area (Å²) in [6.07, 6.45) is 1.29. The monoisotopic (exact) mass is 263 g/mol. The van der Waals surface area contributed by atoms with Crippen molar-refractivity contribution in [3.63, 3.8) is 0 Å². The van der Waals surface area contributed by atoms with Crippen LogP contribution in [-0.2, 0) is 6.54 Å². The molecule has 0 bridgehead atoms. The van der Waals surface area contributed by atoms with Crippen LogP contribution in [0.4, 0.5) is 0 Å². The summed E-state index contributed by atoms with van der Waals surface area (Å²) in [5, 5.41) is 10.2. The fraction of sp³-hybridized carbons (Fsp3) is 0.625. The van der Waals surface area contributed by atoms with E-state index >= 15 is 0 Å². The second-order valence-electron chi connectivity index (χ2n) is 5.96. The highest BCUT2D eigenvalue weighted by molar-refractivity contribution is 5.45. The van der Waals surface area contributed by atoms with Crippen LogP contribution in [0.1, 0.15) is 32.8 Å². The molecule has 19 heavy (non-hydrogen) atoms. The van der Waals surface area contributed by atoms with E-state index in [9.17, 15) is 5.11 Å². The van der Waals surface area contributed by atoms with E-state index < -0.39 is 0 Å². The van der Waals surface area contributed by atoms with Gasteiger partial charge in [0.05, 0.1) is 7.11 Å². The van der Waals surface area contributed by atoms with Crippen molar-refractivity contribution in [2.45, 2.75) is 39.8 Å². The zero-order chi connectivity index (χ0) is 14.0. The van der Waals surface area contributed by atoms with Crippen LogP contribution in [-0.4, -0.2) is 29.7 Å². The zero-order valence-electron chi connectivity index (χ0n) is 12.4. The number of phenols is 1. The van der Waals surface area contributed by atoms with Gasteiger partial charge in [0.2, 0.25) is 0 Å². The van der Waals surface area contributed by atoms with Gasteiger partial charge in [0.15, 0.2) is 11.5 Å². The Balaban J connectivity index is 2.16. The molecule has 3 nitrogen and oxygen atoms in total. The molecule has 1 N–H and O–H groups in total. The summed E-state index contributed by atoms with van der Waals surface area (Å²) < 4.78 is 5.18. The SMILES string of the molecule is COc1cccc(CN2CC(C)CC(C)C2C)c1O. The average molecular weight is 263 g/mol. The van der Waals surface area contributed by atoms with Gasteiger partial charge in [0.1, 0.15) is 0 Å². The van der Waals surface area contributed by atoms with Gasteiger partial charge < -0.3 is 9.84 Å². The van der Waals surface area contributed by atoms with Crippen LogP contribution in [0.2, 0.25) is 0 Å². The van der Waals surface area contributed by atoms with Crippen molar-refractivity contribution in [3.05, 3.63) is 23.8 Å². The van der Waals surface area contributed by atoms with E-state index in [0.29, 0.717) is 17.7 Å². The quantitative estimate of drug-likeness (QED) is 0.908. The van der Waals surface area contributed by atoms with Crippen molar-refractivity contribution >= 4 is 0 Å². The average Bonchev–Trinajstić information content (AvgIpc) is 2.37. The molecule has 1 aromatic carbocycles. The smallest absolute Gasteiger partial charge is 0.162 e. The first-order chi connectivity index (χ1) is 9.02. The van der Waals surface area contributed by atoms with Gasteiger partial charge in [-0.3, -0.25) is 4.90 Å². The molecule has 1 saturated heterocycles. The van der Waals surface area contributed by atoms with Crippen molar-refractivity contribution in [2.24, 2.45) is 11.8 Å². The van der Waals surface area contributed by atoms with Gasteiger partial charge in [-0.05, 0) is 31.2 Å². The molecule has 1 aliphatic rings. The summed E-state index contributed by atoms with van der Waals surface area (Å²) in [4.78, 5) is 2.47. The number of rotatable bonds is 3. The van der Waals surface area contributed by atoms with Crippen molar-refractivity contribution in [3.8, 4) is 11.5 Å². The standard InChI is InChI=1S/C16H25NO2/c1-11-8-12(2)13(3)17(9-11)10-14-6-5-7-15(19-4)16(14)18/h5-7,11-13,18H,8-10H2,1-4H3. The lowest BCUT2D eigenvalue weighted by molar-refractivity contribution is 0.0722. The fourth-order valence-electron chi connectivity index (χ4n) is 3.12. The summed E-state index contributed by atoms with van der Waals surface area (Å²) in [5.74, 6) is 2.27. The van der Waals surface area contributed by atoms with E-state index in [0.717, 1.165) is 24.6 Å². The lowest BCUT2D eigenvalue weighted by atomic mass is 9.86. The number of hydrogen-bond acceptors (Lipinski definition) is 3. The Morgan fingerprint density at radius 2 is 2.05 bits per heavy atom. The molecule has 0 aromatic heterocycles. The number of nitrogens with zero attached hydrogens (tertiary/aromatic N) is 1. The van der Waals surface area contributed by atoms with E-state index in [-0.39, 0.29) is 5.75 Å². The van der Waals surface area contributed by atoms with Gasteiger partial charge in [-0.15, -0.1) is 0 Å². The number of methoxy groups -OCH3 is 1. The zero-order valence-corrected chi connectivity index (χ0v) is 12.4. The summed E-state index contributed by atoms with van der Waals surface area (Å²) in [7, 11) is 1.59. The minimum absolute atomic E-state index is 0.281. The molecule has 0 spiro atoms. The summed E-state index contributed by atoms with van der Waals surface area (Å²) in [5.41, 5.74) is 0.951. The molecule has 0 radical (unpaired) electrons. The molecule has 1 aromatic rings. The van der Waals surface area contributed by atoms with Crippen molar-refractivity contribution in [2.75, 3.05) is 13.7 Å². The highest BCUT2D eigenvalue weighted by Crippen LogP contribution is 2.33. The molecular formula is C16H25NO2. The number of aromatic hydroxyl groups is 1. The Labute approximate surface area is 116 Å².